The van der Waals surface area contributed by atoms with Crippen molar-refractivity contribution in [2.24, 2.45) is 10.9 Å². The van der Waals surface area contributed by atoms with E-state index in [0.29, 0.717) is 6.61 Å². The third-order valence-corrected chi connectivity index (χ3v) is 3.07. The molecule has 3 atom stereocenters. The van der Waals surface area contributed by atoms with Crippen molar-refractivity contribution in [1.82, 2.24) is 0 Å². The zero-order valence-corrected chi connectivity index (χ0v) is 10.5. The quantitative estimate of drug-likeness (QED) is 0.711. The zero-order valence-electron chi connectivity index (χ0n) is 10.5. The number of hydrogen-bond acceptors (Lipinski definition) is 2. The van der Waals surface area contributed by atoms with Crippen molar-refractivity contribution < 1.29 is 9.13 Å². The lowest BCUT2D eigenvalue weighted by Crippen LogP contribution is -2.24. The van der Waals surface area contributed by atoms with Gasteiger partial charge in [-0.3, -0.25) is 4.99 Å². The average Bonchev–Trinajstić information content (AvgIpc) is 2.28. The molecule has 0 aromatic rings. The summed E-state index contributed by atoms with van der Waals surface area (Å²) >= 11 is 0. The molecule has 0 saturated carbocycles. The fourth-order valence-corrected chi connectivity index (χ4v) is 2.18. The number of halogens is 1. The molecule has 0 radical (unpaired) electrons. The largest absolute Gasteiger partial charge is 0.378 e. The van der Waals surface area contributed by atoms with Gasteiger partial charge in [0, 0.05) is 12.6 Å². The van der Waals surface area contributed by atoms with E-state index in [1.165, 1.54) is 0 Å². The predicted molar refractivity (Wildman–Crippen MR) is 65.9 cm³/mol. The van der Waals surface area contributed by atoms with Crippen LogP contribution in [-0.2, 0) is 4.74 Å². The Morgan fingerprint density at radius 1 is 1.50 bits per heavy atom. The summed E-state index contributed by atoms with van der Waals surface area (Å²) in [5, 5.41) is 0. The lowest BCUT2D eigenvalue weighted by atomic mass is 9.92. The van der Waals surface area contributed by atoms with Gasteiger partial charge in [0.1, 0.15) is 6.17 Å². The number of ether oxygens (including phenoxy) is 1. The smallest absolute Gasteiger partial charge is 0.126 e. The summed E-state index contributed by atoms with van der Waals surface area (Å²) in [7, 11) is 0. The monoisotopic (exact) mass is 229 g/mol. The molecule has 1 heterocycles. The van der Waals surface area contributed by atoms with Crippen LogP contribution in [0.1, 0.15) is 46.0 Å². The van der Waals surface area contributed by atoms with Crippen molar-refractivity contribution in [1.29, 1.82) is 0 Å². The first-order chi connectivity index (χ1) is 7.74. The molecule has 1 aliphatic heterocycles. The third kappa shape index (κ3) is 5.06. The molecule has 16 heavy (non-hydrogen) atoms. The minimum atomic E-state index is -0.823. The number of aliphatic imine (C=N–C) groups is 1. The molecule has 1 rings (SSSR count). The van der Waals surface area contributed by atoms with Crippen molar-refractivity contribution >= 4 is 6.21 Å². The minimum absolute atomic E-state index is 0.107. The molecule has 0 aliphatic carbocycles. The van der Waals surface area contributed by atoms with E-state index in [9.17, 15) is 4.39 Å². The maximum absolute atomic E-state index is 13.9. The Morgan fingerprint density at radius 3 is 3.06 bits per heavy atom. The van der Waals surface area contributed by atoms with Crippen LogP contribution < -0.4 is 0 Å². The SMILES string of the molecule is CCCC1C[C@H](C)N=CCCCOC[C@H]1F. The van der Waals surface area contributed by atoms with E-state index in [1.54, 1.807) is 0 Å². The molecule has 0 fully saturated rings. The third-order valence-electron chi connectivity index (χ3n) is 3.07. The van der Waals surface area contributed by atoms with Gasteiger partial charge in [0.25, 0.3) is 0 Å². The second-order valence-electron chi connectivity index (χ2n) is 4.70. The molecule has 0 amide bonds. The first kappa shape index (κ1) is 13.6. The highest BCUT2D eigenvalue weighted by Gasteiger charge is 2.22. The maximum Gasteiger partial charge on any atom is 0.126 e. The van der Waals surface area contributed by atoms with Gasteiger partial charge in [0.05, 0.1) is 6.61 Å². The average molecular weight is 229 g/mol. The second kappa shape index (κ2) is 7.77. The van der Waals surface area contributed by atoms with Gasteiger partial charge < -0.3 is 4.74 Å². The summed E-state index contributed by atoms with van der Waals surface area (Å²) < 4.78 is 19.3. The van der Waals surface area contributed by atoms with Crippen LogP contribution in [0, 0.1) is 5.92 Å². The molecular formula is C13H24FNO. The molecule has 94 valence electrons. The van der Waals surface area contributed by atoms with Crippen LogP contribution in [0.2, 0.25) is 0 Å². The van der Waals surface area contributed by atoms with E-state index in [4.69, 9.17) is 4.74 Å². The van der Waals surface area contributed by atoms with Crippen LogP contribution >= 0.6 is 0 Å². The summed E-state index contributed by atoms with van der Waals surface area (Å²) in [6, 6.07) is 0.243. The minimum Gasteiger partial charge on any atom is -0.378 e. The van der Waals surface area contributed by atoms with E-state index in [-0.39, 0.29) is 18.6 Å². The van der Waals surface area contributed by atoms with Crippen molar-refractivity contribution in [2.45, 2.75) is 58.2 Å². The number of nitrogens with zero attached hydrogens (tertiary/aromatic N) is 1. The highest BCUT2D eigenvalue weighted by Crippen LogP contribution is 2.22. The Bertz CT molecular complexity index is 208. The van der Waals surface area contributed by atoms with Crippen LogP contribution in [0.3, 0.4) is 0 Å². The summed E-state index contributed by atoms with van der Waals surface area (Å²) in [5.41, 5.74) is 0. The van der Waals surface area contributed by atoms with E-state index in [2.05, 4.69) is 18.8 Å². The lowest BCUT2D eigenvalue weighted by Gasteiger charge is -2.22. The number of rotatable bonds is 2. The molecule has 3 heteroatoms. The highest BCUT2D eigenvalue weighted by atomic mass is 19.1. The van der Waals surface area contributed by atoms with Gasteiger partial charge in [-0.15, -0.1) is 0 Å². The first-order valence-corrected chi connectivity index (χ1v) is 6.47. The fourth-order valence-electron chi connectivity index (χ4n) is 2.18. The maximum atomic E-state index is 13.9. The van der Waals surface area contributed by atoms with Crippen molar-refractivity contribution in [2.75, 3.05) is 13.2 Å². The molecule has 1 aliphatic rings. The lowest BCUT2D eigenvalue weighted by molar-refractivity contribution is 0.0485. The molecule has 0 saturated heterocycles. The molecule has 0 N–H and O–H groups in total. The first-order valence-electron chi connectivity index (χ1n) is 6.47. The van der Waals surface area contributed by atoms with Gasteiger partial charge in [0.15, 0.2) is 0 Å². The molecule has 2 nitrogen and oxygen atoms in total. The van der Waals surface area contributed by atoms with E-state index >= 15 is 0 Å². The summed E-state index contributed by atoms with van der Waals surface area (Å²) in [5.74, 6) is 0.107. The molecule has 0 bridgehead atoms. The molecular weight excluding hydrogens is 205 g/mol. The number of alkyl halides is 1. The van der Waals surface area contributed by atoms with Crippen LogP contribution in [-0.4, -0.2) is 31.6 Å². The molecule has 0 aromatic carbocycles. The van der Waals surface area contributed by atoms with Crippen molar-refractivity contribution in [3.63, 3.8) is 0 Å². The predicted octanol–water partition coefficient (Wildman–Crippen LogP) is 3.40. The van der Waals surface area contributed by atoms with E-state index in [0.717, 1.165) is 32.1 Å². The molecule has 1 unspecified atom stereocenters. The van der Waals surface area contributed by atoms with Crippen molar-refractivity contribution in [3.8, 4) is 0 Å². The Hall–Kier alpha value is -0.440. The topological polar surface area (TPSA) is 21.6 Å². The van der Waals surface area contributed by atoms with Gasteiger partial charge in [0.2, 0.25) is 0 Å². The van der Waals surface area contributed by atoms with Gasteiger partial charge in [-0.05, 0) is 44.7 Å². The van der Waals surface area contributed by atoms with E-state index in [1.807, 2.05) is 6.21 Å². The second-order valence-corrected chi connectivity index (χ2v) is 4.70. The van der Waals surface area contributed by atoms with Crippen LogP contribution in [0.25, 0.3) is 0 Å². The standard InChI is InChI=1S/C13H24FNO/c1-3-6-12-9-11(2)15-7-4-5-8-16-10-13(12)14/h7,11-13H,3-6,8-10H2,1-2H3/t11-,12?,13+/m0/s1. The summed E-state index contributed by atoms with van der Waals surface area (Å²) in [4.78, 5) is 4.45. The molecule has 0 aromatic heterocycles. The zero-order chi connectivity index (χ0) is 11.8. The summed E-state index contributed by atoms with van der Waals surface area (Å²) in [6.45, 7) is 5.09. The van der Waals surface area contributed by atoms with Crippen molar-refractivity contribution in [3.05, 3.63) is 0 Å². The van der Waals surface area contributed by atoms with Crippen LogP contribution in [0.15, 0.2) is 4.99 Å². The van der Waals surface area contributed by atoms with E-state index < -0.39 is 6.17 Å². The highest BCUT2D eigenvalue weighted by molar-refractivity contribution is 5.57. The Morgan fingerprint density at radius 2 is 2.31 bits per heavy atom. The van der Waals surface area contributed by atoms with Gasteiger partial charge in [-0.2, -0.15) is 0 Å². The van der Waals surface area contributed by atoms with Gasteiger partial charge >= 0.3 is 0 Å². The molecule has 0 spiro atoms. The van der Waals surface area contributed by atoms with Crippen LogP contribution in [0.5, 0.6) is 0 Å². The fraction of sp³-hybridized carbons (Fsp3) is 0.923. The normalized spacial score (nSPS) is 33.3. The van der Waals surface area contributed by atoms with Crippen LogP contribution in [0.4, 0.5) is 4.39 Å². The summed E-state index contributed by atoms with van der Waals surface area (Å²) in [6.07, 6.45) is 5.84. The Balaban J connectivity index is 2.55. The van der Waals surface area contributed by atoms with Gasteiger partial charge in [-0.1, -0.05) is 13.3 Å². The van der Waals surface area contributed by atoms with Gasteiger partial charge in [-0.25, -0.2) is 4.39 Å². The Labute approximate surface area is 98.3 Å². The number of hydrogen-bond donors (Lipinski definition) is 0. The Kier molecular flexibility index (Phi) is 6.62.